The summed E-state index contributed by atoms with van der Waals surface area (Å²) in [6, 6.07) is 1.18. The fraction of sp³-hybridized carbons (Fsp3) is 0.929. The normalized spacial score (nSPS) is 17.7. The van der Waals surface area contributed by atoms with E-state index in [9.17, 15) is 0 Å². The lowest BCUT2D eigenvalue weighted by Crippen LogP contribution is -2.25. The van der Waals surface area contributed by atoms with Crippen LogP contribution in [0, 0.1) is 0 Å². The summed E-state index contributed by atoms with van der Waals surface area (Å²) in [7, 11) is 0. The maximum Gasteiger partial charge on any atom is 0.209 e. The second-order valence-electron chi connectivity index (χ2n) is 5.65. The van der Waals surface area contributed by atoms with Crippen molar-refractivity contribution in [2.75, 3.05) is 12.3 Å². The Bertz CT molecular complexity index is 375. The summed E-state index contributed by atoms with van der Waals surface area (Å²) >= 11 is 1.81. The van der Waals surface area contributed by atoms with Crippen LogP contribution in [0.15, 0.2) is 5.16 Å². The minimum Gasteiger partial charge on any atom is -0.315 e. The molecule has 1 N–H and O–H groups in total. The zero-order chi connectivity index (χ0) is 14.2. The van der Waals surface area contributed by atoms with Gasteiger partial charge in [-0.05, 0) is 49.6 Å². The van der Waals surface area contributed by atoms with E-state index in [0.717, 1.165) is 17.5 Å². The molecule has 20 heavy (non-hydrogen) atoms. The first-order valence-corrected chi connectivity index (χ1v) is 8.94. The number of thioether (sulfide) groups is 1. The Morgan fingerprint density at radius 3 is 2.90 bits per heavy atom. The van der Waals surface area contributed by atoms with Crippen molar-refractivity contribution in [3.05, 3.63) is 0 Å². The Balaban J connectivity index is 1.65. The highest BCUT2D eigenvalue weighted by atomic mass is 32.2. The summed E-state index contributed by atoms with van der Waals surface area (Å²) in [5.41, 5.74) is 0. The summed E-state index contributed by atoms with van der Waals surface area (Å²) in [5, 5.41) is 16.7. The van der Waals surface area contributed by atoms with Gasteiger partial charge in [-0.25, -0.2) is 4.68 Å². The van der Waals surface area contributed by atoms with Crippen molar-refractivity contribution >= 4 is 11.8 Å². The molecule has 0 amide bonds. The van der Waals surface area contributed by atoms with Gasteiger partial charge in [-0.15, -0.1) is 5.10 Å². The predicted octanol–water partition coefficient (Wildman–Crippen LogP) is 3.05. The molecular formula is C14H27N5S. The monoisotopic (exact) mass is 297 g/mol. The Hall–Kier alpha value is -0.620. The maximum absolute atomic E-state index is 4.18. The molecule has 1 saturated carbocycles. The highest BCUT2D eigenvalue weighted by Gasteiger charge is 2.21. The molecule has 0 aromatic carbocycles. The summed E-state index contributed by atoms with van der Waals surface area (Å²) in [6.45, 7) is 5.48. The van der Waals surface area contributed by atoms with Crippen LogP contribution in [0.2, 0.25) is 0 Å². The zero-order valence-corrected chi connectivity index (χ0v) is 13.5. The smallest absolute Gasteiger partial charge is 0.209 e. The molecule has 1 unspecified atom stereocenters. The molecule has 5 nitrogen and oxygen atoms in total. The largest absolute Gasteiger partial charge is 0.315 e. The molecule has 0 radical (unpaired) electrons. The van der Waals surface area contributed by atoms with Crippen molar-refractivity contribution in [1.82, 2.24) is 25.5 Å². The Labute approximate surface area is 126 Å². The predicted molar refractivity (Wildman–Crippen MR) is 83.0 cm³/mol. The molecular weight excluding hydrogens is 270 g/mol. The molecule has 2 rings (SSSR count). The highest BCUT2D eigenvalue weighted by Crippen LogP contribution is 2.31. The number of hydrogen-bond donors (Lipinski definition) is 1. The van der Waals surface area contributed by atoms with E-state index in [0.29, 0.717) is 12.1 Å². The van der Waals surface area contributed by atoms with Gasteiger partial charge in [-0.2, -0.15) is 0 Å². The molecule has 6 heteroatoms. The van der Waals surface area contributed by atoms with Gasteiger partial charge in [0.2, 0.25) is 5.16 Å². The van der Waals surface area contributed by atoms with E-state index in [1.165, 1.54) is 44.9 Å². The van der Waals surface area contributed by atoms with Crippen molar-refractivity contribution < 1.29 is 0 Å². The van der Waals surface area contributed by atoms with Crippen LogP contribution in [0.25, 0.3) is 0 Å². The van der Waals surface area contributed by atoms with Gasteiger partial charge in [-0.3, -0.25) is 0 Å². The van der Waals surface area contributed by atoms with Crippen molar-refractivity contribution in [2.24, 2.45) is 0 Å². The molecule has 0 saturated heterocycles. The van der Waals surface area contributed by atoms with Gasteiger partial charge in [0.05, 0.1) is 6.04 Å². The first-order valence-electron chi connectivity index (χ1n) is 7.95. The number of nitrogens with one attached hydrogen (secondary N) is 1. The van der Waals surface area contributed by atoms with E-state index in [-0.39, 0.29) is 0 Å². The van der Waals surface area contributed by atoms with Crippen molar-refractivity contribution in [1.29, 1.82) is 0 Å². The third-order valence-corrected chi connectivity index (χ3v) is 4.97. The number of nitrogens with zero attached hydrogens (tertiary/aromatic N) is 4. The van der Waals surface area contributed by atoms with Gasteiger partial charge in [0.1, 0.15) is 0 Å². The average Bonchev–Trinajstić information content (AvgIpc) is 3.09. The number of hydrogen-bond acceptors (Lipinski definition) is 5. The lowest BCUT2D eigenvalue weighted by atomic mass is 10.1. The van der Waals surface area contributed by atoms with E-state index >= 15 is 0 Å². The zero-order valence-electron chi connectivity index (χ0n) is 12.7. The molecule has 114 valence electrons. The fourth-order valence-corrected chi connectivity index (χ4v) is 3.77. The van der Waals surface area contributed by atoms with Crippen LogP contribution in [0.5, 0.6) is 0 Å². The Kier molecular flexibility index (Phi) is 6.79. The fourth-order valence-electron chi connectivity index (χ4n) is 2.83. The lowest BCUT2D eigenvalue weighted by Gasteiger charge is -2.12. The first-order chi connectivity index (χ1) is 9.81. The molecule has 0 spiro atoms. The van der Waals surface area contributed by atoms with Gasteiger partial charge in [-0.1, -0.05) is 37.9 Å². The van der Waals surface area contributed by atoms with E-state index in [4.69, 9.17) is 0 Å². The van der Waals surface area contributed by atoms with Crippen LogP contribution in [0.4, 0.5) is 0 Å². The van der Waals surface area contributed by atoms with Crippen LogP contribution < -0.4 is 5.32 Å². The summed E-state index contributed by atoms with van der Waals surface area (Å²) < 4.78 is 2.05. The Morgan fingerprint density at radius 1 is 1.35 bits per heavy atom. The molecule has 1 aromatic rings. The van der Waals surface area contributed by atoms with Crippen molar-refractivity contribution in [3.8, 4) is 0 Å². The average molecular weight is 297 g/mol. The third-order valence-electron chi connectivity index (χ3n) is 3.95. The quantitative estimate of drug-likeness (QED) is 0.561. The molecule has 0 aliphatic heterocycles. The second-order valence-corrected chi connectivity index (χ2v) is 6.71. The van der Waals surface area contributed by atoms with E-state index in [2.05, 4.69) is 39.4 Å². The summed E-state index contributed by atoms with van der Waals surface area (Å²) in [6.07, 6.45) is 8.86. The van der Waals surface area contributed by atoms with Gasteiger partial charge >= 0.3 is 0 Å². The number of rotatable bonds is 9. The molecule has 1 fully saturated rings. The topological polar surface area (TPSA) is 55.6 Å². The molecule has 1 aromatic heterocycles. The molecule has 0 bridgehead atoms. The highest BCUT2D eigenvalue weighted by molar-refractivity contribution is 7.99. The van der Waals surface area contributed by atoms with Gasteiger partial charge in [0.15, 0.2) is 0 Å². The van der Waals surface area contributed by atoms with Crippen molar-refractivity contribution in [2.45, 2.75) is 76.0 Å². The summed E-state index contributed by atoms with van der Waals surface area (Å²) in [5.74, 6) is 1.12. The van der Waals surface area contributed by atoms with Crippen molar-refractivity contribution in [3.63, 3.8) is 0 Å². The van der Waals surface area contributed by atoms with Crippen LogP contribution in [0.1, 0.15) is 64.8 Å². The number of tetrazole rings is 1. The SMILES string of the molecule is CCNC(C)CCCCSc1nnnn1C1CCCC1. The van der Waals surface area contributed by atoms with Crippen LogP contribution in [0.3, 0.4) is 0 Å². The van der Waals surface area contributed by atoms with Gasteiger partial charge < -0.3 is 5.32 Å². The molecule has 1 heterocycles. The minimum absolute atomic E-state index is 0.543. The lowest BCUT2D eigenvalue weighted by molar-refractivity contribution is 0.423. The van der Waals surface area contributed by atoms with Crippen LogP contribution in [-0.4, -0.2) is 38.5 Å². The first kappa shape index (κ1) is 15.8. The number of unbranched alkanes of at least 4 members (excludes halogenated alkanes) is 1. The third kappa shape index (κ3) is 4.74. The second kappa shape index (κ2) is 8.62. The van der Waals surface area contributed by atoms with Gasteiger partial charge in [0.25, 0.3) is 0 Å². The minimum atomic E-state index is 0.543. The molecule has 1 aliphatic carbocycles. The standard InChI is InChI=1S/C14H27N5S/c1-3-15-12(2)8-6-7-11-20-14-16-17-18-19(14)13-9-4-5-10-13/h12-13,15H,3-11H2,1-2H3. The van der Waals surface area contributed by atoms with E-state index < -0.39 is 0 Å². The molecule has 1 aliphatic rings. The van der Waals surface area contributed by atoms with E-state index in [1.807, 2.05) is 11.8 Å². The molecule has 1 atom stereocenters. The van der Waals surface area contributed by atoms with Gasteiger partial charge in [0, 0.05) is 11.8 Å². The Morgan fingerprint density at radius 2 is 2.15 bits per heavy atom. The van der Waals surface area contributed by atoms with E-state index in [1.54, 1.807) is 0 Å². The number of aromatic nitrogens is 4. The van der Waals surface area contributed by atoms with Crippen LogP contribution >= 0.6 is 11.8 Å². The van der Waals surface area contributed by atoms with Crippen LogP contribution in [-0.2, 0) is 0 Å². The summed E-state index contributed by atoms with van der Waals surface area (Å²) in [4.78, 5) is 0. The maximum atomic E-state index is 4.18.